The predicted molar refractivity (Wildman–Crippen MR) is 61.5 cm³/mol. The summed E-state index contributed by atoms with van der Waals surface area (Å²) in [5.74, 6) is 0.130. The first-order valence-electron chi connectivity index (χ1n) is 5.26. The molecule has 1 heterocycles. The minimum absolute atomic E-state index is 0.240. The lowest BCUT2D eigenvalue weighted by molar-refractivity contribution is 0.628. The maximum absolute atomic E-state index is 12.7. The van der Waals surface area contributed by atoms with Crippen LogP contribution in [0.3, 0.4) is 0 Å². The van der Waals surface area contributed by atoms with Gasteiger partial charge in [0.15, 0.2) is 0 Å². The number of aromatic nitrogens is 2. The lowest BCUT2D eigenvalue weighted by Crippen LogP contribution is -1.96. The maximum Gasteiger partial charge on any atom is 0.123 e. The first kappa shape index (κ1) is 10.7. The topological polar surface area (TPSA) is 25.8 Å². The van der Waals surface area contributed by atoms with Gasteiger partial charge in [-0.3, -0.25) is 0 Å². The standard InChI is InChI=1S/C13H13FN2/c1-9(2)12-7-8-13(16-15-12)10-3-5-11(14)6-4-10/h3-9H,1-2H3. The van der Waals surface area contributed by atoms with Gasteiger partial charge >= 0.3 is 0 Å². The summed E-state index contributed by atoms with van der Waals surface area (Å²) in [7, 11) is 0. The van der Waals surface area contributed by atoms with Gasteiger partial charge in [-0.15, -0.1) is 0 Å². The number of nitrogens with zero attached hydrogens (tertiary/aromatic N) is 2. The molecule has 16 heavy (non-hydrogen) atoms. The number of hydrogen-bond donors (Lipinski definition) is 0. The van der Waals surface area contributed by atoms with Crippen molar-refractivity contribution in [2.45, 2.75) is 19.8 Å². The van der Waals surface area contributed by atoms with Crippen molar-refractivity contribution in [1.82, 2.24) is 10.2 Å². The second kappa shape index (κ2) is 4.39. The summed E-state index contributed by atoms with van der Waals surface area (Å²) >= 11 is 0. The molecule has 0 aliphatic carbocycles. The maximum atomic E-state index is 12.7. The molecule has 1 aromatic heterocycles. The molecule has 3 heteroatoms. The van der Waals surface area contributed by atoms with Crippen LogP contribution < -0.4 is 0 Å². The van der Waals surface area contributed by atoms with Gasteiger partial charge in [0.05, 0.1) is 11.4 Å². The Labute approximate surface area is 94.2 Å². The molecule has 0 unspecified atom stereocenters. The van der Waals surface area contributed by atoms with Gasteiger partial charge in [0, 0.05) is 5.56 Å². The first-order valence-corrected chi connectivity index (χ1v) is 5.26. The molecule has 0 fully saturated rings. The van der Waals surface area contributed by atoms with Crippen molar-refractivity contribution in [2.24, 2.45) is 0 Å². The van der Waals surface area contributed by atoms with Crippen molar-refractivity contribution < 1.29 is 4.39 Å². The van der Waals surface area contributed by atoms with Crippen LogP contribution in [0.5, 0.6) is 0 Å². The van der Waals surface area contributed by atoms with Crippen molar-refractivity contribution in [3.05, 3.63) is 47.9 Å². The number of hydrogen-bond acceptors (Lipinski definition) is 2. The lowest BCUT2D eigenvalue weighted by Gasteiger charge is -2.04. The van der Waals surface area contributed by atoms with E-state index in [0.717, 1.165) is 17.0 Å². The average Bonchev–Trinajstić information content (AvgIpc) is 2.30. The molecule has 0 atom stereocenters. The summed E-state index contributed by atoms with van der Waals surface area (Å²) in [5.41, 5.74) is 2.61. The lowest BCUT2D eigenvalue weighted by atomic mass is 10.1. The Balaban J connectivity index is 2.31. The van der Waals surface area contributed by atoms with Crippen LogP contribution in [0.15, 0.2) is 36.4 Å². The van der Waals surface area contributed by atoms with Crippen LogP contribution in [0.1, 0.15) is 25.5 Å². The van der Waals surface area contributed by atoms with E-state index in [-0.39, 0.29) is 5.82 Å². The van der Waals surface area contributed by atoms with Crippen LogP contribution in [0.2, 0.25) is 0 Å². The Morgan fingerprint density at radius 1 is 0.938 bits per heavy atom. The van der Waals surface area contributed by atoms with Gasteiger partial charge < -0.3 is 0 Å². The largest absolute Gasteiger partial charge is 0.207 e. The second-order valence-corrected chi connectivity index (χ2v) is 4.01. The molecular formula is C13H13FN2. The summed E-state index contributed by atoms with van der Waals surface area (Å²) in [4.78, 5) is 0. The predicted octanol–water partition coefficient (Wildman–Crippen LogP) is 3.41. The molecule has 0 N–H and O–H groups in total. The van der Waals surface area contributed by atoms with Gasteiger partial charge in [0.1, 0.15) is 5.82 Å². The summed E-state index contributed by atoms with van der Waals surface area (Å²) in [5, 5.41) is 8.26. The molecule has 2 rings (SSSR count). The van der Waals surface area contributed by atoms with Crippen LogP contribution in [0.25, 0.3) is 11.3 Å². The Kier molecular flexibility index (Phi) is 2.95. The van der Waals surface area contributed by atoms with E-state index < -0.39 is 0 Å². The van der Waals surface area contributed by atoms with Gasteiger partial charge in [-0.05, 0) is 42.3 Å². The molecule has 0 bridgehead atoms. The summed E-state index contributed by atoms with van der Waals surface area (Å²) in [6, 6.07) is 10.1. The van der Waals surface area contributed by atoms with Gasteiger partial charge in [0.25, 0.3) is 0 Å². The third kappa shape index (κ3) is 2.24. The molecule has 2 aromatic rings. The van der Waals surface area contributed by atoms with E-state index in [9.17, 15) is 4.39 Å². The Hall–Kier alpha value is -1.77. The van der Waals surface area contributed by atoms with Crippen LogP contribution in [-0.4, -0.2) is 10.2 Å². The molecule has 0 saturated heterocycles. The second-order valence-electron chi connectivity index (χ2n) is 4.01. The molecule has 1 aromatic carbocycles. The SMILES string of the molecule is CC(C)c1ccc(-c2ccc(F)cc2)nn1. The highest BCUT2D eigenvalue weighted by molar-refractivity contribution is 5.58. The Morgan fingerprint density at radius 3 is 2.12 bits per heavy atom. The highest BCUT2D eigenvalue weighted by atomic mass is 19.1. The summed E-state index contributed by atoms with van der Waals surface area (Å²) in [6.45, 7) is 4.14. The number of rotatable bonds is 2. The molecule has 0 aliphatic heterocycles. The van der Waals surface area contributed by atoms with Crippen molar-refractivity contribution in [2.75, 3.05) is 0 Å². The summed E-state index contributed by atoms with van der Waals surface area (Å²) in [6.07, 6.45) is 0. The smallest absolute Gasteiger partial charge is 0.123 e. The fourth-order valence-corrected chi connectivity index (χ4v) is 1.43. The zero-order valence-electron chi connectivity index (χ0n) is 9.31. The number of benzene rings is 1. The normalized spacial score (nSPS) is 10.8. The molecule has 2 nitrogen and oxygen atoms in total. The van der Waals surface area contributed by atoms with E-state index in [1.165, 1.54) is 12.1 Å². The zero-order valence-corrected chi connectivity index (χ0v) is 9.31. The Bertz CT molecular complexity index is 460. The van der Waals surface area contributed by atoms with E-state index in [1.807, 2.05) is 12.1 Å². The summed E-state index contributed by atoms with van der Waals surface area (Å²) < 4.78 is 12.7. The molecule has 82 valence electrons. The Morgan fingerprint density at radius 2 is 1.62 bits per heavy atom. The van der Waals surface area contributed by atoms with Crippen LogP contribution in [-0.2, 0) is 0 Å². The third-order valence-corrected chi connectivity index (χ3v) is 2.42. The van der Waals surface area contributed by atoms with Crippen LogP contribution >= 0.6 is 0 Å². The fraction of sp³-hybridized carbons (Fsp3) is 0.231. The third-order valence-electron chi connectivity index (χ3n) is 2.42. The van der Waals surface area contributed by atoms with Crippen molar-refractivity contribution in [3.63, 3.8) is 0 Å². The highest BCUT2D eigenvalue weighted by Crippen LogP contribution is 2.18. The van der Waals surface area contributed by atoms with E-state index in [0.29, 0.717) is 5.92 Å². The van der Waals surface area contributed by atoms with Gasteiger partial charge in [-0.25, -0.2) is 4.39 Å². The molecule has 0 amide bonds. The van der Waals surface area contributed by atoms with E-state index in [2.05, 4.69) is 24.0 Å². The van der Waals surface area contributed by atoms with Gasteiger partial charge in [-0.2, -0.15) is 10.2 Å². The molecule has 0 spiro atoms. The van der Waals surface area contributed by atoms with E-state index in [1.54, 1.807) is 12.1 Å². The van der Waals surface area contributed by atoms with Gasteiger partial charge in [0.2, 0.25) is 0 Å². The fourth-order valence-electron chi connectivity index (χ4n) is 1.43. The molecule has 0 radical (unpaired) electrons. The molecule has 0 saturated carbocycles. The van der Waals surface area contributed by atoms with Crippen LogP contribution in [0.4, 0.5) is 4.39 Å². The minimum Gasteiger partial charge on any atom is -0.207 e. The van der Waals surface area contributed by atoms with E-state index >= 15 is 0 Å². The molecular weight excluding hydrogens is 203 g/mol. The van der Waals surface area contributed by atoms with Crippen molar-refractivity contribution in [1.29, 1.82) is 0 Å². The quantitative estimate of drug-likeness (QED) is 0.768. The first-order chi connectivity index (χ1) is 7.66. The molecule has 0 aliphatic rings. The van der Waals surface area contributed by atoms with Crippen molar-refractivity contribution >= 4 is 0 Å². The van der Waals surface area contributed by atoms with Gasteiger partial charge in [-0.1, -0.05) is 13.8 Å². The van der Waals surface area contributed by atoms with E-state index in [4.69, 9.17) is 0 Å². The van der Waals surface area contributed by atoms with Crippen LogP contribution in [0, 0.1) is 5.82 Å². The van der Waals surface area contributed by atoms with Crippen molar-refractivity contribution in [3.8, 4) is 11.3 Å². The number of halogens is 1. The zero-order chi connectivity index (χ0) is 11.5. The monoisotopic (exact) mass is 216 g/mol. The average molecular weight is 216 g/mol. The minimum atomic E-state index is -0.240. The highest BCUT2D eigenvalue weighted by Gasteiger charge is 2.03.